The van der Waals surface area contributed by atoms with Crippen LogP contribution >= 0.6 is 0 Å². The summed E-state index contributed by atoms with van der Waals surface area (Å²) < 4.78 is 7.54. The topological polar surface area (TPSA) is 80.6 Å². The summed E-state index contributed by atoms with van der Waals surface area (Å²) in [5.41, 5.74) is 2.01. The summed E-state index contributed by atoms with van der Waals surface area (Å²) in [4.78, 5) is 38.4. The molecule has 2 bridgehead atoms. The molecule has 3 saturated heterocycles. The summed E-state index contributed by atoms with van der Waals surface area (Å²) in [5, 5.41) is 3.46. The molecule has 3 fully saturated rings. The fraction of sp³-hybridized carbons (Fsp3) is 0.500. The van der Waals surface area contributed by atoms with Gasteiger partial charge in [0, 0.05) is 41.6 Å². The summed E-state index contributed by atoms with van der Waals surface area (Å²) in [6.45, 7) is 2.23. The van der Waals surface area contributed by atoms with Crippen LogP contribution in [0.5, 0.6) is 0 Å². The third-order valence-corrected chi connectivity index (χ3v) is 6.70. The first-order valence-electron chi connectivity index (χ1n) is 10.4. The second-order valence-corrected chi connectivity index (χ2v) is 8.29. The Morgan fingerprint density at radius 2 is 1.86 bits per heavy atom. The van der Waals surface area contributed by atoms with Crippen LogP contribution in [0.4, 0.5) is 4.79 Å². The number of hydrogen-bond donors (Lipinski definition) is 1. The molecule has 5 rings (SSSR count). The third kappa shape index (κ3) is 2.91. The molecule has 0 saturated carbocycles. The third-order valence-electron chi connectivity index (χ3n) is 6.70. The van der Waals surface area contributed by atoms with Crippen molar-refractivity contribution >= 4 is 28.8 Å². The molecule has 7 heteroatoms. The number of hydrogen-bond acceptors (Lipinski definition) is 4. The lowest BCUT2D eigenvalue weighted by molar-refractivity contribution is -0.125. The van der Waals surface area contributed by atoms with Crippen LogP contribution in [0.2, 0.25) is 0 Å². The van der Waals surface area contributed by atoms with Gasteiger partial charge in [0.05, 0.1) is 12.5 Å². The molecule has 3 atom stereocenters. The molecule has 152 valence electrons. The van der Waals surface area contributed by atoms with Gasteiger partial charge in [0.25, 0.3) is 0 Å². The van der Waals surface area contributed by atoms with E-state index in [9.17, 15) is 14.4 Å². The predicted molar refractivity (Wildman–Crippen MR) is 106 cm³/mol. The van der Waals surface area contributed by atoms with Crippen molar-refractivity contribution in [2.24, 2.45) is 0 Å². The molecular weight excluding hydrogens is 370 g/mol. The normalized spacial score (nSPS) is 28.8. The number of fused-ring (bicyclic) bond motifs is 3. The molecule has 0 aliphatic carbocycles. The van der Waals surface area contributed by atoms with E-state index in [1.165, 1.54) is 0 Å². The molecule has 0 spiro atoms. The Kier molecular flexibility index (Phi) is 4.33. The lowest BCUT2D eigenvalue weighted by Crippen LogP contribution is -2.47. The first kappa shape index (κ1) is 18.2. The molecule has 3 unspecified atom stereocenters. The number of benzene rings is 1. The van der Waals surface area contributed by atoms with Crippen molar-refractivity contribution < 1.29 is 19.1 Å². The van der Waals surface area contributed by atoms with Gasteiger partial charge < -0.3 is 14.2 Å². The van der Waals surface area contributed by atoms with E-state index in [1.807, 2.05) is 30.0 Å². The number of carbonyl (C=O) groups is 3. The first-order valence-corrected chi connectivity index (χ1v) is 10.4. The molecule has 1 aromatic carbocycles. The standard InChI is InChI=1S/C22H25N3O4/c1-2-29-22(28)25-13-7-8-14(25)10-15(9-13)24-12-18(16-5-3-4-6-19(16)24)17-11-20(26)23-21(17)27/h3-6,12-15,17H,2,7-11H2,1H3,(H,23,26,27). The maximum Gasteiger partial charge on any atom is 0.410 e. The highest BCUT2D eigenvalue weighted by atomic mass is 16.6. The highest BCUT2D eigenvalue weighted by molar-refractivity contribution is 6.08. The van der Waals surface area contributed by atoms with E-state index in [-0.39, 0.29) is 42.5 Å². The van der Waals surface area contributed by atoms with E-state index in [2.05, 4.69) is 22.1 Å². The Bertz CT molecular complexity index is 983. The molecule has 7 nitrogen and oxygen atoms in total. The summed E-state index contributed by atoms with van der Waals surface area (Å²) in [6, 6.07) is 8.73. The minimum atomic E-state index is -0.426. The molecule has 2 aromatic rings. The van der Waals surface area contributed by atoms with Crippen molar-refractivity contribution in [2.75, 3.05) is 6.61 Å². The second kappa shape index (κ2) is 6.90. The van der Waals surface area contributed by atoms with E-state index >= 15 is 0 Å². The number of rotatable bonds is 3. The minimum Gasteiger partial charge on any atom is -0.450 e. The van der Waals surface area contributed by atoms with Gasteiger partial charge in [-0.3, -0.25) is 14.9 Å². The maximum atomic E-state index is 12.4. The van der Waals surface area contributed by atoms with Crippen LogP contribution in [0, 0.1) is 0 Å². The van der Waals surface area contributed by atoms with Gasteiger partial charge in [0.15, 0.2) is 0 Å². The fourth-order valence-corrected chi connectivity index (χ4v) is 5.49. The Labute approximate surface area is 169 Å². The fourth-order valence-electron chi connectivity index (χ4n) is 5.49. The van der Waals surface area contributed by atoms with Gasteiger partial charge in [0.2, 0.25) is 11.8 Å². The van der Waals surface area contributed by atoms with Gasteiger partial charge in [0.1, 0.15) is 0 Å². The molecule has 3 amide bonds. The van der Waals surface area contributed by atoms with Crippen molar-refractivity contribution in [3.8, 4) is 0 Å². The SMILES string of the molecule is CCOC(=O)N1C2CCC1CC(n1cc(C3CC(=O)NC3=O)c3ccccc31)C2. The van der Waals surface area contributed by atoms with Crippen molar-refractivity contribution in [1.29, 1.82) is 0 Å². The minimum absolute atomic E-state index is 0.193. The van der Waals surface area contributed by atoms with Gasteiger partial charge in [-0.1, -0.05) is 18.2 Å². The highest BCUT2D eigenvalue weighted by Gasteiger charge is 2.45. The van der Waals surface area contributed by atoms with Crippen LogP contribution in [0.15, 0.2) is 30.5 Å². The van der Waals surface area contributed by atoms with Gasteiger partial charge >= 0.3 is 6.09 Å². The van der Waals surface area contributed by atoms with Gasteiger partial charge in [-0.05, 0) is 44.2 Å². The van der Waals surface area contributed by atoms with Crippen LogP contribution in [0.1, 0.15) is 56.6 Å². The molecule has 3 aliphatic rings. The van der Waals surface area contributed by atoms with Gasteiger partial charge in [-0.2, -0.15) is 0 Å². The Hall–Kier alpha value is -2.83. The number of nitrogens with one attached hydrogen (secondary N) is 1. The molecule has 1 N–H and O–H groups in total. The average Bonchev–Trinajstić information content (AvgIpc) is 3.33. The van der Waals surface area contributed by atoms with Gasteiger partial charge in [-0.25, -0.2) is 4.79 Å². The summed E-state index contributed by atoms with van der Waals surface area (Å²) in [7, 11) is 0. The molecule has 3 aliphatic heterocycles. The smallest absolute Gasteiger partial charge is 0.410 e. The van der Waals surface area contributed by atoms with Crippen molar-refractivity contribution in [2.45, 2.75) is 63.1 Å². The molecule has 29 heavy (non-hydrogen) atoms. The molecule has 1 aromatic heterocycles. The summed E-state index contributed by atoms with van der Waals surface area (Å²) in [5.74, 6) is -0.849. The summed E-state index contributed by atoms with van der Waals surface area (Å²) in [6.07, 6.45) is 5.85. The largest absolute Gasteiger partial charge is 0.450 e. The summed E-state index contributed by atoms with van der Waals surface area (Å²) >= 11 is 0. The lowest BCUT2D eigenvalue weighted by Gasteiger charge is -2.39. The maximum absolute atomic E-state index is 12.4. The second-order valence-electron chi connectivity index (χ2n) is 8.29. The number of amides is 3. The Morgan fingerprint density at radius 1 is 1.14 bits per heavy atom. The monoisotopic (exact) mass is 395 g/mol. The molecule has 0 radical (unpaired) electrons. The van der Waals surface area contributed by atoms with Crippen LogP contribution in [-0.2, 0) is 14.3 Å². The van der Waals surface area contributed by atoms with Crippen LogP contribution < -0.4 is 5.32 Å². The van der Waals surface area contributed by atoms with E-state index in [0.29, 0.717) is 6.61 Å². The van der Waals surface area contributed by atoms with Crippen LogP contribution in [-0.4, -0.2) is 46.1 Å². The van der Waals surface area contributed by atoms with Crippen LogP contribution in [0.3, 0.4) is 0 Å². The highest BCUT2D eigenvalue weighted by Crippen LogP contribution is 2.43. The lowest BCUT2D eigenvalue weighted by atomic mass is 9.97. The number of piperidine rings is 1. The van der Waals surface area contributed by atoms with Crippen molar-refractivity contribution in [3.05, 3.63) is 36.0 Å². The molecular formula is C22H25N3O4. The number of imide groups is 1. The van der Waals surface area contributed by atoms with E-state index in [0.717, 1.165) is 42.1 Å². The number of para-hydroxylation sites is 1. The average molecular weight is 395 g/mol. The zero-order chi connectivity index (χ0) is 20.1. The van der Waals surface area contributed by atoms with Gasteiger partial charge in [-0.15, -0.1) is 0 Å². The van der Waals surface area contributed by atoms with E-state index in [4.69, 9.17) is 4.74 Å². The predicted octanol–water partition coefficient (Wildman–Crippen LogP) is 3.10. The van der Waals surface area contributed by atoms with Crippen LogP contribution in [0.25, 0.3) is 10.9 Å². The number of carbonyl (C=O) groups excluding carboxylic acids is 3. The zero-order valence-electron chi connectivity index (χ0n) is 16.5. The van der Waals surface area contributed by atoms with Crippen molar-refractivity contribution in [1.82, 2.24) is 14.8 Å². The first-order chi connectivity index (χ1) is 14.1. The number of nitrogens with zero attached hydrogens (tertiary/aromatic N) is 2. The Balaban J connectivity index is 1.48. The zero-order valence-corrected chi connectivity index (χ0v) is 16.5. The van der Waals surface area contributed by atoms with Crippen molar-refractivity contribution in [3.63, 3.8) is 0 Å². The van der Waals surface area contributed by atoms with E-state index in [1.54, 1.807) is 0 Å². The Morgan fingerprint density at radius 3 is 2.52 bits per heavy atom. The quantitative estimate of drug-likeness (QED) is 0.810. The number of aromatic nitrogens is 1. The molecule has 4 heterocycles. The number of ether oxygens (including phenoxy) is 1. The van der Waals surface area contributed by atoms with E-state index < -0.39 is 5.92 Å².